The molecule has 0 fully saturated rings. The lowest BCUT2D eigenvalue weighted by molar-refractivity contribution is 0.163. The van der Waals surface area contributed by atoms with Gasteiger partial charge >= 0.3 is 6.09 Å². The summed E-state index contributed by atoms with van der Waals surface area (Å²) < 4.78 is 18.3. The van der Waals surface area contributed by atoms with Crippen molar-refractivity contribution in [1.82, 2.24) is 4.98 Å². The highest BCUT2D eigenvalue weighted by Crippen LogP contribution is 2.14. The number of halogens is 1. The van der Waals surface area contributed by atoms with Gasteiger partial charge in [-0.25, -0.2) is 14.2 Å². The number of hydrogen-bond donors (Lipinski definition) is 1. The molecule has 1 aromatic heterocycles. The van der Waals surface area contributed by atoms with Crippen LogP contribution in [0.3, 0.4) is 0 Å². The van der Waals surface area contributed by atoms with Gasteiger partial charge in [0.15, 0.2) is 0 Å². The number of anilines is 1. The molecule has 2 rings (SSSR count). The van der Waals surface area contributed by atoms with Crippen molar-refractivity contribution in [2.45, 2.75) is 13.3 Å². The van der Waals surface area contributed by atoms with Crippen LogP contribution in [0.25, 0.3) is 0 Å². The second kappa shape index (κ2) is 6.29. The molecule has 0 atom stereocenters. The minimum Gasteiger partial charge on any atom is -0.449 e. The number of thiazole rings is 1. The van der Waals surface area contributed by atoms with Crippen LogP contribution >= 0.6 is 11.3 Å². The van der Waals surface area contributed by atoms with Crippen molar-refractivity contribution in [1.29, 1.82) is 0 Å². The maximum absolute atomic E-state index is 13.3. The maximum Gasteiger partial charge on any atom is 0.411 e. The van der Waals surface area contributed by atoms with Gasteiger partial charge in [0, 0.05) is 11.3 Å². The van der Waals surface area contributed by atoms with Gasteiger partial charge in [0.25, 0.3) is 0 Å². The van der Waals surface area contributed by atoms with Crippen LogP contribution in [0, 0.1) is 12.7 Å². The number of carbonyl (C=O) groups excluding carboxylic acids is 1. The molecule has 0 bridgehead atoms. The van der Waals surface area contributed by atoms with E-state index in [1.54, 1.807) is 17.6 Å². The molecule has 0 aliphatic carbocycles. The molecule has 0 aliphatic heterocycles. The van der Waals surface area contributed by atoms with Gasteiger partial charge in [0.2, 0.25) is 0 Å². The molecule has 1 N–H and O–H groups in total. The van der Waals surface area contributed by atoms with Gasteiger partial charge in [0.1, 0.15) is 5.82 Å². The van der Waals surface area contributed by atoms with Crippen molar-refractivity contribution in [2.24, 2.45) is 0 Å². The summed E-state index contributed by atoms with van der Waals surface area (Å²) in [7, 11) is 0. The second-order valence-electron chi connectivity index (χ2n) is 3.85. The van der Waals surface area contributed by atoms with E-state index < -0.39 is 11.9 Å². The van der Waals surface area contributed by atoms with E-state index in [1.165, 1.54) is 23.5 Å². The zero-order valence-corrected chi connectivity index (χ0v) is 11.2. The van der Waals surface area contributed by atoms with Crippen molar-refractivity contribution in [3.05, 3.63) is 46.2 Å². The monoisotopic (exact) mass is 280 g/mol. The Hall–Kier alpha value is -1.95. The molecular weight excluding hydrogens is 267 g/mol. The predicted molar refractivity (Wildman–Crippen MR) is 71.9 cm³/mol. The number of amides is 1. The van der Waals surface area contributed by atoms with E-state index in [2.05, 4.69) is 10.3 Å². The van der Waals surface area contributed by atoms with E-state index >= 15 is 0 Å². The third-order valence-electron chi connectivity index (χ3n) is 2.52. The van der Waals surface area contributed by atoms with Gasteiger partial charge in [-0.3, -0.25) is 5.32 Å². The Morgan fingerprint density at radius 3 is 2.95 bits per heavy atom. The fourth-order valence-corrected chi connectivity index (χ4v) is 2.27. The molecule has 0 radical (unpaired) electrons. The lowest BCUT2D eigenvalue weighted by Crippen LogP contribution is -2.16. The van der Waals surface area contributed by atoms with Crippen molar-refractivity contribution < 1.29 is 13.9 Å². The highest BCUT2D eigenvalue weighted by molar-refractivity contribution is 7.09. The summed E-state index contributed by atoms with van der Waals surface area (Å²) >= 11 is 1.52. The van der Waals surface area contributed by atoms with E-state index in [0.717, 1.165) is 10.6 Å². The number of aromatic nitrogens is 1. The standard InChI is InChI=1S/C13H13FN2O2S/c1-9-12(19-8-15-9)6-7-18-13(17)16-11-5-3-2-4-10(11)14/h2-5,8H,6-7H2,1H3,(H,16,17). The second-order valence-corrected chi connectivity index (χ2v) is 4.79. The number of rotatable bonds is 4. The summed E-state index contributed by atoms with van der Waals surface area (Å²) in [5.41, 5.74) is 2.81. The number of aryl methyl sites for hydroxylation is 1. The Kier molecular flexibility index (Phi) is 4.46. The molecule has 1 aromatic carbocycles. The lowest BCUT2D eigenvalue weighted by atomic mass is 10.3. The fourth-order valence-electron chi connectivity index (χ4n) is 1.51. The molecule has 4 nitrogen and oxygen atoms in total. The highest BCUT2D eigenvalue weighted by Gasteiger charge is 2.08. The van der Waals surface area contributed by atoms with Gasteiger partial charge in [-0.2, -0.15) is 0 Å². The zero-order chi connectivity index (χ0) is 13.7. The normalized spacial score (nSPS) is 10.2. The summed E-state index contributed by atoms with van der Waals surface area (Å²) in [5.74, 6) is -0.488. The predicted octanol–water partition coefficient (Wildman–Crippen LogP) is 3.38. The summed E-state index contributed by atoms with van der Waals surface area (Å²) in [6.07, 6.45) is -0.0476. The first-order valence-electron chi connectivity index (χ1n) is 5.74. The van der Waals surface area contributed by atoms with E-state index in [9.17, 15) is 9.18 Å². The molecule has 0 unspecified atom stereocenters. The van der Waals surface area contributed by atoms with Crippen molar-refractivity contribution in [2.75, 3.05) is 11.9 Å². The first-order chi connectivity index (χ1) is 9.16. The van der Waals surface area contributed by atoms with Crippen LogP contribution in [0.5, 0.6) is 0 Å². The van der Waals surface area contributed by atoms with E-state index in [-0.39, 0.29) is 12.3 Å². The average molecular weight is 280 g/mol. The lowest BCUT2D eigenvalue weighted by Gasteiger charge is -2.07. The fraction of sp³-hybridized carbons (Fsp3) is 0.231. The van der Waals surface area contributed by atoms with Crippen molar-refractivity contribution in [3.8, 4) is 0 Å². The molecule has 0 saturated heterocycles. The number of nitrogens with one attached hydrogen (secondary N) is 1. The molecule has 6 heteroatoms. The highest BCUT2D eigenvalue weighted by atomic mass is 32.1. The van der Waals surface area contributed by atoms with Gasteiger partial charge in [0.05, 0.1) is 23.5 Å². The van der Waals surface area contributed by atoms with Crippen LogP contribution < -0.4 is 5.32 Å². The number of para-hydroxylation sites is 1. The minimum atomic E-state index is -0.660. The molecule has 0 spiro atoms. The van der Waals surface area contributed by atoms with Crippen LogP contribution in [-0.4, -0.2) is 17.7 Å². The first-order valence-corrected chi connectivity index (χ1v) is 6.62. The third-order valence-corrected chi connectivity index (χ3v) is 3.51. The van der Waals surface area contributed by atoms with Gasteiger partial charge in [-0.1, -0.05) is 12.1 Å². The molecule has 2 aromatic rings. The van der Waals surface area contributed by atoms with Crippen LogP contribution in [0.15, 0.2) is 29.8 Å². The molecular formula is C13H13FN2O2S. The number of ether oxygens (including phenoxy) is 1. The molecule has 0 aliphatic rings. The molecule has 0 saturated carbocycles. The topological polar surface area (TPSA) is 51.2 Å². The van der Waals surface area contributed by atoms with Crippen LogP contribution in [-0.2, 0) is 11.2 Å². The van der Waals surface area contributed by atoms with Crippen LogP contribution in [0.1, 0.15) is 10.6 Å². The van der Waals surface area contributed by atoms with Gasteiger partial charge in [-0.15, -0.1) is 11.3 Å². The summed E-state index contributed by atoms with van der Waals surface area (Å²) in [5, 5.41) is 2.36. The Morgan fingerprint density at radius 1 is 1.47 bits per heavy atom. The van der Waals surface area contributed by atoms with Crippen molar-refractivity contribution >= 4 is 23.1 Å². The molecule has 1 heterocycles. The summed E-state index contributed by atoms with van der Waals surface area (Å²) in [6, 6.07) is 5.94. The number of carbonyl (C=O) groups is 1. The molecule has 100 valence electrons. The third kappa shape index (κ3) is 3.75. The number of hydrogen-bond acceptors (Lipinski definition) is 4. The van der Waals surface area contributed by atoms with Crippen molar-refractivity contribution in [3.63, 3.8) is 0 Å². The largest absolute Gasteiger partial charge is 0.449 e. The first kappa shape index (κ1) is 13.5. The average Bonchev–Trinajstić information content (AvgIpc) is 2.78. The molecule has 1 amide bonds. The van der Waals surface area contributed by atoms with E-state index in [0.29, 0.717) is 6.42 Å². The quantitative estimate of drug-likeness (QED) is 0.934. The Bertz CT molecular complexity index is 571. The maximum atomic E-state index is 13.3. The van der Waals surface area contributed by atoms with E-state index in [1.807, 2.05) is 6.92 Å². The van der Waals surface area contributed by atoms with Crippen LogP contribution in [0.2, 0.25) is 0 Å². The summed E-state index contributed by atoms with van der Waals surface area (Å²) in [6.45, 7) is 2.15. The number of benzene rings is 1. The smallest absolute Gasteiger partial charge is 0.411 e. The van der Waals surface area contributed by atoms with Gasteiger partial charge < -0.3 is 4.74 Å². The zero-order valence-electron chi connectivity index (χ0n) is 10.4. The SMILES string of the molecule is Cc1ncsc1CCOC(=O)Nc1ccccc1F. The molecule has 19 heavy (non-hydrogen) atoms. The van der Waals surface area contributed by atoms with E-state index in [4.69, 9.17) is 4.74 Å². The number of nitrogens with zero attached hydrogens (tertiary/aromatic N) is 1. The minimum absolute atomic E-state index is 0.112. The Balaban J connectivity index is 1.79. The Morgan fingerprint density at radius 2 is 2.26 bits per heavy atom. The summed E-state index contributed by atoms with van der Waals surface area (Å²) in [4.78, 5) is 16.7. The Labute approximate surface area is 114 Å². The van der Waals surface area contributed by atoms with Crippen LogP contribution in [0.4, 0.5) is 14.9 Å². The van der Waals surface area contributed by atoms with Gasteiger partial charge in [-0.05, 0) is 19.1 Å².